The molecule has 106 valence electrons. The summed E-state index contributed by atoms with van der Waals surface area (Å²) in [5, 5.41) is 25.2. The molecule has 0 bridgehead atoms. The number of nitrogens with two attached hydrogens (primary N) is 1. The van der Waals surface area contributed by atoms with E-state index in [2.05, 4.69) is 25.7 Å². The minimum atomic E-state index is -3.81. The molecule has 2 aromatic heterocycles. The van der Waals surface area contributed by atoms with Gasteiger partial charge in [-0.2, -0.15) is 0 Å². The quantitative estimate of drug-likeness (QED) is 0.822. The number of nitrogens with one attached hydrogen (secondary N) is 1. The molecule has 1 fully saturated rings. The van der Waals surface area contributed by atoms with E-state index in [9.17, 15) is 8.42 Å². The molecule has 8 nitrogen and oxygen atoms in total. The van der Waals surface area contributed by atoms with E-state index in [-0.39, 0.29) is 5.03 Å². The summed E-state index contributed by atoms with van der Waals surface area (Å²) in [5.41, 5.74) is 0. The van der Waals surface area contributed by atoms with E-state index in [1.165, 1.54) is 25.0 Å². The van der Waals surface area contributed by atoms with Crippen LogP contribution in [0, 0.1) is 0 Å². The number of nitrogens with zero attached hydrogens (tertiary/aromatic N) is 4. The van der Waals surface area contributed by atoms with Gasteiger partial charge >= 0.3 is 0 Å². The molecule has 0 radical (unpaired) electrons. The van der Waals surface area contributed by atoms with Crippen molar-refractivity contribution in [2.45, 2.75) is 30.3 Å². The first kappa shape index (κ1) is 13.3. The zero-order chi connectivity index (χ0) is 14.2. The molecule has 0 amide bonds. The van der Waals surface area contributed by atoms with Gasteiger partial charge in [-0.05, 0) is 25.0 Å². The summed E-state index contributed by atoms with van der Waals surface area (Å²) in [6, 6.07) is 2.82. The lowest BCUT2D eigenvalue weighted by Crippen LogP contribution is -2.15. The second kappa shape index (κ2) is 5.04. The van der Waals surface area contributed by atoms with E-state index in [1.807, 2.05) is 0 Å². The van der Waals surface area contributed by atoms with Crippen molar-refractivity contribution in [2.24, 2.45) is 5.14 Å². The molecule has 1 aliphatic rings. The van der Waals surface area contributed by atoms with Gasteiger partial charge < -0.3 is 5.32 Å². The minimum Gasteiger partial charge on any atom is -0.362 e. The highest BCUT2D eigenvalue weighted by Crippen LogP contribution is 2.41. The maximum Gasteiger partial charge on any atom is 0.257 e. The molecule has 3 N–H and O–H groups in total. The average molecular weight is 312 g/mol. The molecule has 2 heterocycles. The summed E-state index contributed by atoms with van der Waals surface area (Å²) in [6.45, 7) is 0.480. The highest BCUT2D eigenvalue weighted by Gasteiger charge is 2.27. The van der Waals surface area contributed by atoms with Gasteiger partial charge in [0.05, 0.1) is 6.54 Å². The zero-order valence-electron chi connectivity index (χ0n) is 10.4. The molecular weight excluding hydrogens is 300 g/mol. The predicted octanol–water partition coefficient (Wildman–Crippen LogP) is 0.465. The molecule has 3 rings (SSSR count). The van der Waals surface area contributed by atoms with E-state index >= 15 is 0 Å². The Labute approximate surface area is 119 Å². The number of aromatic nitrogens is 4. The first-order valence-corrected chi connectivity index (χ1v) is 8.31. The molecule has 1 aliphatic carbocycles. The first-order chi connectivity index (χ1) is 9.52. The van der Waals surface area contributed by atoms with Crippen LogP contribution in [-0.4, -0.2) is 28.8 Å². The average Bonchev–Trinajstić information content (AvgIpc) is 3.15. The van der Waals surface area contributed by atoms with Crippen LogP contribution >= 0.6 is 11.3 Å². The Hall–Kier alpha value is -1.65. The fourth-order valence-corrected chi connectivity index (χ4v) is 2.93. The van der Waals surface area contributed by atoms with Gasteiger partial charge in [-0.15, -0.1) is 20.4 Å². The van der Waals surface area contributed by atoms with Gasteiger partial charge in [0.15, 0.2) is 5.03 Å². The highest BCUT2D eigenvalue weighted by atomic mass is 32.2. The summed E-state index contributed by atoms with van der Waals surface area (Å²) in [6.07, 6.45) is 2.39. The van der Waals surface area contributed by atoms with Crippen molar-refractivity contribution in [2.75, 3.05) is 5.32 Å². The number of sulfonamides is 1. The molecule has 0 aliphatic heterocycles. The van der Waals surface area contributed by atoms with E-state index in [0.29, 0.717) is 18.3 Å². The normalized spacial score (nSPS) is 15.2. The van der Waals surface area contributed by atoms with Crippen molar-refractivity contribution < 1.29 is 8.42 Å². The van der Waals surface area contributed by atoms with Crippen molar-refractivity contribution in [3.05, 3.63) is 22.1 Å². The third-order valence-electron chi connectivity index (χ3n) is 2.76. The summed E-state index contributed by atoms with van der Waals surface area (Å²) < 4.78 is 22.1. The van der Waals surface area contributed by atoms with E-state index in [4.69, 9.17) is 5.14 Å². The third-order valence-corrected chi connectivity index (χ3v) is 4.65. The fraction of sp³-hybridized carbons (Fsp3) is 0.400. The Morgan fingerprint density at radius 1 is 1.25 bits per heavy atom. The number of rotatable bonds is 5. The summed E-state index contributed by atoms with van der Waals surface area (Å²) in [7, 11) is -3.81. The maximum absolute atomic E-state index is 11.0. The molecule has 0 aromatic carbocycles. The molecule has 0 atom stereocenters. The van der Waals surface area contributed by atoms with Gasteiger partial charge in [0.2, 0.25) is 0 Å². The van der Waals surface area contributed by atoms with Gasteiger partial charge in [-0.3, -0.25) is 0 Å². The van der Waals surface area contributed by atoms with Crippen LogP contribution in [-0.2, 0) is 16.6 Å². The standard InChI is InChI=1S/C10H12N6O2S2/c11-20(17,18)9-4-3-7(13-15-9)12-5-8-14-16-10(19-8)6-1-2-6/h3-4,6H,1-2,5H2,(H,12,13)(H2,11,17,18). The Morgan fingerprint density at radius 2 is 2.05 bits per heavy atom. The Balaban J connectivity index is 1.62. The summed E-state index contributed by atoms with van der Waals surface area (Å²) in [5.74, 6) is 1.05. The lowest BCUT2D eigenvalue weighted by atomic mass is 10.5. The van der Waals surface area contributed by atoms with E-state index in [0.717, 1.165) is 10.0 Å². The lowest BCUT2D eigenvalue weighted by molar-refractivity contribution is 0.592. The maximum atomic E-state index is 11.0. The molecule has 10 heteroatoms. The van der Waals surface area contributed by atoms with Crippen LogP contribution < -0.4 is 10.5 Å². The van der Waals surface area contributed by atoms with Crippen molar-refractivity contribution in [3.63, 3.8) is 0 Å². The van der Waals surface area contributed by atoms with Crippen molar-refractivity contribution in [1.29, 1.82) is 0 Å². The molecular formula is C10H12N6O2S2. The topological polar surface area (TPSA) is 124 Å². The van der Waals surface area contributed by atoms with Crippen LogP contribution in [0.2, 0.25) is 0 Å². The van der Waals surface area contributed by atoms with Crippen molar-refractivity contribution >= 4 is 27.2 Å². The zero-order valence-corrected chi connectivity index (χ0v) is 12.0. The second-order valence-corrected chi connectivity index (χ2v) is 7.07. The Kier molecular flexibility index (Phi) is 3.36. The van der Waals surface area contributed by atoms with Gasteiger partial charge in [0.25, 0.3) is 10.0 Å². The molecule has 20 heavy (non-hydrogen) atoms. The monoisotopic (exact) mass is 312 g/mol. The van der Waals surface area contributed by atoms with Crippen LogP contribution in [0.25, 0.3) is 0 Å². The van der Waals surface area contributed by atoms with Crippen molar-refractivity contribution in [1.82, 2.24) is 20.4 Å². The van der Waals surface area contributed by atoms with E-state index < -0.39 is 10.0 Å². The molecule has 0 unspecified atom stereocenters. The largest absolute Gasteiger partial charge is 0.362 e. The Bertz CT molecular complexity index is 708. The number of hydrogen-bond acceptors (Lipinski definition) is 8. The molecule has 1 saturated carbocycles. The van der Waals surface area contributed by atoms with E-state index in [1.54, 1.807) is 11.3 Å². The van der Waals surface area contributed by atoms with Crippen molar-refractivity contribution in [3.8, 4) is 0 Å². The molecule has 0 saturated heterocycles. The van der Waals surface area contributed by atoms with Gasteiger partial charge in [0.1, 0.15) is 15.8 Å². The fourth-order valence-electron chi connectivity index (χ4n) is 1.57. The van der Waals surface area contributed by atoms with Gasteiger partial charge in [0, 0.05) is 5.92 Å². The minimum absolute atomic E-state index is 0.255. The predicted molar refractivity (Wildman–Crippen MR) is 72.6 cm³/mol. The Morgan fingerprint density at radius 3 is 2.65 bits per heavy atom. The third kappa shape index (κ3) is 3.08. The van der Waals surface area contributed by atoms with Gasteiger partial charge in [-0.1, -0.05) is 11.3 Å². The highest BCUT2D eigenvalue weighted by molar-refractivity contribution is 7.89. The van der Waals surface area contributed by atoms with Crippen LogP contribution in [0.5, 0.6) is 0 Å². The smallest absolute Gasteiger partial charge is 0.257 e. The lowest BCUT2D eigenvalue weighted by Gasteiger charge is -2.02. The molecule has 0 spiro atoms. The van der Waals surface area contributed by atoms with Crippen LogP contribution in [0.4, 0.5) is 5.82 Å². The summed E-state index contributed by atoms with van der Waals surface area (Å²) in [4.78, 5) is 0. The van der Waals surface area contributed by atoms with Crippen LogP contribution in [0.15, 0.2) is 17.2 Å². The number of anilines is 1. The number of primary sulfonamides is 1. The SMILES string of the molecule is NS(=O)(=O)c1ccc(NCc2nnc(C3CC3)s2)nn1. The summed E-state index contributed by atoms with van der Waals surface area (Å²) >= 11 is 1.58. The first-order valence-electron chi connectivity index (χ1n) is 5.95. The van der Waals surface area contributed by atoms with Crippen LogP contribution in [0.3, 0.4) is 0 Å². The number of hydrogen-bond donors (Lipinski definition) is 2. The second-order valence-electron chi connectivity index (χ2n) is 4.46. The van der Waals surface area contributed by atoms with Crippen LogP contribution in [0.1, 0.15) is 28.8 Å². The molecule has 2 aromatic rings. The van der Waals surface area contributed by atoms with Gasteiger partial charge in [-0.25, -0.2) is 13.6 Å².